The minimum Gasteiger partial charge on any atom is -0.466 e. The maximum Gasteiger partial charge on any atom is 0.344 e. The van der Waals surface area contributed by atoms with E-state index >= 15 is 0 Å². The summed E-state index contributed by atoms with van der Waals surface area (Å²) in [6.07, 6.45) is 0.363. The summed E-state index contributed by atoms with van der Waals surface area (Å²) in [7, 11) is -0.644. The molecule has 3 aromatic rings. The molecule has 0 aliphatic carbocycles. The molecule has 0 saturated carbocycles. The molecule has 0 spiro atoms. The van der Waals surface area contributed by atoms with E-state index < -0.39 is 7.26 Å². The van der Waals surface area contributed by atoms with Crippen LogP contribution in [0.3, 0.4) is 0 Å². The summed E-state index contributed by atoms with van der Waals surface area (Å²) in [6.45, 7) is 0. The van der Waals surface area contributed by atoms with Crippen LogP contribution in [0.25, 0.3) is 0 Å². The number of benzene rings is 3. The number of hydrogen-bond donors (Lipinski definition) is 0. The van der Waals surface area contributed by atoms with Gasteiger partial charge in [0.05, 0.1) is 7.11 Å². The number of rotatable bonds is 5. The second-order valence-corrected chi connectivity index (χ2v) is 9.04. The van der Waals surface area contributed by atoms with E-state index in [0.29, 0.717) is 6.16 Å². The number of esters is 1. The average molecular weight is 339 g/mol. The Morgan fingerprint density at radius 3 is 1.33 bits per heavy atom. The summed E-state index contributed by atoms with van der Waals surface area (Å²) in [5.74, 6) is -0.181. The minimum absolute atomic E-state index is 0.181. The lowest BCUT2D eigenvalue weighted by molar-refractivity contribution is -0.137. The van der Waals surface area contributed by atoms with E-state index in [2.05, 4.69) is 36.4 Å². The van der Waals surface area contributed by atoms with Crippen molar-refractivity contribution in [1.82, 2.24) is 0 Å². The van der Waals surface area contributed by atoms with Crippen molar-refractivity contribution in [2.45, 2.75) is 0 Å². The first-order valence-electron chi connectivity index (χ1n) is 7.89. The van der Waals surface area contributed by atoms with Gasteiger partial charge in [-0.05, 0) is 36.4 Å². The Bertz CT molecular complexity index is 689. The van der Waals surface area contributed by atoms with Crippen LogP contribution >= 0.6 is 7.26 Å². The largest absolute Gasteiger partial charge is 0.466 e. The Labute approximate surface area is 143 Å². The highest BCUT2D eigenvalue weighted by Gasteiger charge is 2.47. The Hall–Kier alpha value is -2.44. The molecule has 0 amide bonds. The van der Waals surface area contributed by atoms with Gasteiger partial charge in [0.25, 0.3) is 0 Å². The molecule has 0 aromatic heterocycles. The molecular formula is C21H20O2P+. The molecule has 0 radical (unpaired) electrons. The molecule has 0 heterocycles. The molecule has 3 aromatic carbocycles. The molecule has 3 rings (SSSR count). The predicted molar refractivity (Wildman–Crippen MR) is 102 cm³/mol. The third-order valence-corrected chi connectivity index (χ3v) is 8.46. The summed E-state index contributed by atoms with van der Waals surface area (Å²) in [6, 6.07) is 31.0. The van der Waals surface area contributed by atoms with Gasteiger partial charge >= 0.3 is 5.97 Å². The van der Waals surface area contributed by atoms with E-state index in [9.17, 15) is 4.79 Å². The van der Waals surface area contributed by atoms with Crippen LogP contribution in [-0.4, -0.2) is 19.2 Å². The number of ether oxygens (including phenoxy) is 1. The highest BCUT2D eigenvalue weighted by Crippen LogP contribution is 2.55. The average Bonchev–Trinajstić information content (AvgIpc) is 2.68. The first-order valence-corrected chi connectivity index (χ1v) is 9.86. The van der Waals surface area contributed by atoms with E-state index in [1.165, 1.54) is 23.0 Å². The molecule has 120 valence electrons. The van der Waals surface area contributed by atoms with Gasteiger partial charge in [0.1, 0.15) is 23.2 Å². The molecule has 24 heavy (non-hydrogen) atoms. The van der Waals surface area contributed by atoms with E-state index in [4.69, 9.17) is 4.74 Å². The molecule has 2 nitrogen and oxygen atoms in total. The quantitative estimate of drug-likeness (QED) is 0.527. The van der Waals surface area contributed by atoms with Crippen LogP contribution in [0.1, 0.15) is 0 Å². The number of carbonyl (C=O) groups is 1. The van der Waals surface area contributed by atoms with Crippen LogP contribution in [0.5, 0.6) is 0 Å². The highest BCUT2D eigenvalue weighted by atomic mass is 31.2. The van der Waals surface area contributed by atoms with Crippen LogP contribution in [0.2, 0.25) is 0 Å². The van der Waals surface area contributed by atoms with Crippen molar-refractivity contribution in [2.24, 2.45) is 0 Å². The van der Waals surface area contributed by atoms with E-state index in [0.717, 1.165) is 0 Å². The number of hydrogen-bond acceptors (Lipinski definition) is 2. The smallest absolute Gasteiger partial charge is 0.344 e. The monoisotopic (exact) mass is 339 g/mol. The lowest BCUT2D eigenvalue weighted by atomic mass is 10.4. The Morgan fingerprint density at radius 2 is 1.04 bits per heavy atom. The van der Waals surface area contributed by atoms with Crippen molar-refractivity contribution >= 4 is 29.1 Å². The maximum atomic E-state index is 12.4. The first-order chi connectivity index (χ1) is 11.8. The summed E-state index contributed by atoms with van der Waals surface area (Å²) in [5.41, 5.74) is 0. The minimum atomic E-state index is -2.10. The van der Waals surface area contributed by atoms with Crippen LogP contribution in [0, 0.1) is 0 Å². The Balaban J connectivity index is 2.30. The highest BCUT2D eigenvalue weighted by molar-refractivity contribution is 7.96. The fourth-order valence-electron chi connectivity index (χ4n) is 3.03. The fourth-order valence-corrected chi connectivity index (χ4v) is 7.03. The Morgan fingerprint density at radius 1 is 0.708 bits per heavy atom. The van der Waals surface area contributed by atoms with Crippen molar-refractivity contribution in [3.8, 4) is 0 Å². The van der Waals surface area contributed by atoms with Crippen LogP contribution in [0.15, 0.2) is 91.0 Å². The summed E-state index contributed by atoms with van der Waals surface area (Å²) in [4.78, 5) is 12.4. The second kappa shape index (κ2) is 7.42. The van der Waals surface area contributed by atoms with Gasteiger partial charge in [-0.2, -0.15) is 0 Å². The SMILES string of the molecule is CO[14C](=O)[14CH2][P+](c1ccccc1)(c1ccccc1)c1ccccc1. The Kier molecular flexibility index (Phi) is 5.08. The van der Waals surface area contributed by atoms with Crippen molar-refractivity contribution in [1.29, 1.82) is 0 Å². The zero-order chi connectivity index (χ0) is 16.8. The van der Waals surface area contributed by atoms with Crippen LogP contribution < -0.4 is 15.9 Å². The molecule has 0 atom stereocenters. The molecule has 0 aliphatic rings. The lowest BCUT2D eigenvalue weighted by Gasteiger charge is -2.26. The molecule has 0 N–H and O–H groups in total. The molecule has 0 saturated heterocycles. The van der Waals surface area contributed by atoms with Gasteiger partial charge in [0.2, 0.25) is 0 Å². The number of methoxy groups -OCH3 is 1. The van der Waals surface area contributed by atoms with Crippen molar-refractivity contribution in [2.75, 3.05) is 13.3 Å². The van der Waals surface area contributed by atoms with Crippen LogP contribution in [-0.2, 0) is 9.53 Å². The van der Waals surface area contributed by atoms with E-state index in [1.54, 1.807) is 0 Å². The second-order valence-electron chi connectivity index (χ2n) is 5.55. The van der Waals surface area contributed by atoms with Crippen molar-refractivity contribution in [3.63, 3.8) is 0 Å². The zero-order valence-corrected chi connectivity index (χ0v) is 14.5. The molecule has 0 bridgehead atoms. The summed E-state index contributed by atoms with van der Waals surface area (Å²) in [5, 5.41) is 3.56. The summed E-state index contributed by atoms with van der Waals surface area (Å²) >= 11 is 0. The third-order valence-electron chi connectivity index (χ3n) is 4.18. The molecule has 0 unspecified atom stereocenters. The van der Waals surface area contributed by atoms with Crippen LogP contribution in [0.4, 0.5) is 0 Å². The third kappa shape index (κ3) is 3.11. The molecule has 0 fully saturated rings. The molecule has 0 aliphatic heterocycles. The van der Waals surface area contributed by atoms with Gasteiger partial charge in [-0.25, -0.2) is 4.79 Å². The predicted octanol–water partition coefficient (Wildman–Crippen LogP) is 3.15. The van der Waals surface area contributed by atoms with Gasteiger partial charge in [0.15, 0.2) is 6.16 Å². The first kappa shape index (κ1) is 16.4. The van der Waals surface area contributed by atoms with Gasteiger partial charge in [0, 0.05) is 0 Å². The van der Waals surface area contributed by atoms with E-state index in [1.807, 2.05) is 54.6 Å². The maximum absolute atomic E-state index is 12.4. The molecule has 3 heteroatoms. The zero-order valence-electron chi connectivity index (χ0n) is 13.6. The number of carbonyl (C=O) groups excluding carboxylic acids is 1. The topological polar surface area (TPSA) is 26.3 Å². The van der Waals surface area contributed by atoms with Gasteiger partial charge in [-0.3, -0.25) is 0 Å². The van der Waals surface area contributed by atoms with Gasteiger partial charge < -0.3 is 4.74 Å². The fraction of sp³-hybridized carbons (Fsp3) is 0.0952. The van der Waals surface area contributed by atoms with Crippen molar-refractivity contribution in [3.05, 3.63) is 91.0 Å². The van der Waals surface area contributed by atoms with Gasteiger partial charge in [-0.15, -0.1) is 0 Å². The normalized spacial score (nSPS) is 11.0. The van der Waals surface area contributed by atoms with Gasteiger partial charge in [-0.1, -0.05) is 54.6 Å². The van der Waals surface area contributed by atoms with E-state index in [-0.39, 0.29) is 5.97 Å². The summed E-state index contributed by atoms with van der Waals surface area (Å²) < 4.78 is 5.06. The lowest BCUT2D eigenvalue weighted by Crippen LogP contribution is -2.36. The standard InChI is InChI=1S/C21H20O2P/c1-23-21(22)17-24(18-11-5-2-6-12-18,19-13-7-3-8-14-19)20-15-9-4-10-16-20/h2-16H,17H2,1H3/q+1/i17+2,21+2. The van der Waals surface area contributed by atoms with Crippen molar-refractivity contribution < 1.29 is 9.53 Å². The molecular weight excluding hydrogens is 319 g/mol.